The molecule has 0 spiro atoms. The summed E-state index contributed by atoms with van der Waals surface area (Å²) >= 11 is 0. The molecule has 2 amide bonds. The third-order valence-electron chi connectivity index (χ3n) is 4.35. The molecule has 6 heteroatoms. The van der Waals surface area contributed by atoms with Gasteiger partial charge < -0.3 is 20.7 Å². The normalized spacial score (nSPS) is 18.5. The van der Waals surface area contributed by atoms with Crippen LogP contribution in [0.3, 0.4) is 0 Å². The van der Waals surface area contributed by atoms with Crippen molar-refractivity contribution < 1.29 is 14.3 Å². The summed E-state index contributed by atoms with van der Waals surface area (Å²) in [6.07, 6.45) is 1.44. The Bertz CT molecular complexity index is 548. The Balaban J connectivity index is 1.81. The second-order valence-electron chi connectivity index (χ2n) is 6.54. The molecule has 6 nitrogen and oxygen atoms in total. The summed E-state index contributed by atoms with van der Waals surface area (Å²) in [7, 11) is 0. The summed E-state index contributed by atoms with van der Waals surface area (Å²) < 4.78 is 5.38. The lowest BCUT2D eigenvalue weighted by molar-refractivity contribution is -0.123. The topological polar surface area (TPSA) is 84.7 Å². The molecule has 2 atom stereocenters. The van der Waals surface area contributed by atoms with Gasteiger partial charge in [0.05, 0.1) is 12.1 Å². The number of nitrogens with zero attached hydrogens (tertiary/aromatic N) is 1. The number of carbonyl (C=O) groups is 2. The highest BCUT2D eigenvalue weighted by molar-refractivity contribution is 5.81. The molecule has 1 unspecified atom stereocenters. The minimum atomic E-state index is -0.523. The number of likely N-dealkylation sites (tertiary alicyclic amines) is 1. The Morgan fingerprint density at radius 3 is 2.71 bits per heavy atom. The van der Waals surface area contributed by atoms with E-state index in [9.17, 15) is 9.59 Å². The molecule has 1 heterocycles. The summed E-state index contributed by atoms with van der Waals surface area (Å²) in [5, 5.41) is 2.85. The third kappa shape index (κ3) is 4.96. The smallest absolute Gasteiger partial charge is 0.410 e. The molecule has 1 aromatic rings. The lowest BCUT2D eigenvalue weighted by Gasteiger charge is -2.25. The van der Waals surface area contributed by atoms with Gasteiger partial charge in [0, 0.05) is 13.1 Å². The quantitative estimate of drug-likeness (QED) is 0.832. The van der Waals surface area contributed by atoms with Crippen LogP contribution in [0.15, 0.2) is 30.3 Å². The fourth-order valence-electron chi connectivity index (χ4n) is 2.73. The van der Waals surface area contributed by atoms with Crippen LogP contribution in [0.5, 0.6) is 0 Å². The number of hydrogen-bond acceptors (Lipinski definition) is 4. The summed E-state index contributed by atoms with van der Waals surface area (Å²) in [6, 6.07) is 9.03. The minimum absolute atomic E-state index is 0.0309. The number of nitrogens with two attached hydrogens (primary N) is 1. The predicted octanol–water partition coefficient (Wildman–Crippen LogP) is 1.89. The maximum atomic E-state index is 12.3. The molecule has 132 valence electrons. The Labute approximate surface area is 143 Å². The zero-order valence-corrected chi connectivity index (χ0v) is 14.4. The zero-order valence-electron chi connectivity index (χ0n) is 14.4. The largest absolute Gasteiger partial charge is 0.445 e. The van der Waals surface area contributed by atoms with Crippen LogP contribution in [0.4, 0.5) is 4.79 Å². The van der Waals surface area contributed by atoms with Crippen molar-refractivity contribution in [1.82, 2.24) is 10.2 Å². The van der Waals surface area contributed by atoms with E-state index < -0.39 is 6.04 Å². The molecule has 3 N–H and O–H groups in total. The van der Waals surface area contributed by atoms with Gasteiger partial charge >= 0.3 is 6.09 Å². The number of amides is 2. The number of rotatable bonds is 6. The molecule has 1 aliphatic heterocycles. The van der Waals surface area contributed by atoms with Gasteiger partial charge in [-0.05, 0) is 24.3 Å². The van der Waals surface area contributed by atoms with Gasteiger partial charge in [-0.15, -0.1) is 0 Å². The van der Waals surface area contributed by atoms with Gasteiger partial charge in [0.2, 0.25) is 5.91 Å². The molecule has 1 fully saturated rings. The van der Waals surface area contributed by atoms with Crippen LogP contribution in [0.2, 0.25) is 0 Å². The lowest BCUT2D eigenvalue weighted by atomic mass is 10.0. The first kappa shape index (κ1) is 18.3. The molecule has 24 heavy (non-hydrogen) atoms. The Kier molecular flexibility index (Phi) is 6.61. The summed E-state index contributed by atoms with van der Waals surface area (Å²) in [5.41, 5.74) is 6.79. The SMILES string of the molecule is CC(C)[C@H](N)C(=O)NCC1CCCN1C(=O)OCc1ccccc1. The second kappa shape index (κ2) is 8.68. The monoisotopic (exact) mass is 333 g/mol. The fraction of sp³-hybridized carbons (Fsp3) is 0.556. The van der Waals surface area contributed by atoms with E-state index in [4.69, 9.17) is 10.5 Å². The molecular formula is C18H27N3O3. The van der Waals surface area contributed by atoms with E-state index >= 15 is 0 Å². The van der Waals surface area contributed by atoms with Gasteiger partial charge in [0.15, 0.2) is 0 Å². The highest BCUT2D eigenvalue weighted by Crippen LogP contribution is 2.18. The molecule has 1 saturated heterocycles. The van der Waals surface area contributed by atoms with Crippen LogP contribution in [0, 0.1) is 5.92 Å². The molecule has 1 aliphatic rings. The highest BCUT2D eigenvalue weighted by Gasteiger charge is 2.30. The van der Waals surface area contributed by atoms with Crippen LogP contribution >= 0.6 is 0 Å². The third-order valence-corrected chi connectivity index (χ3v) is 4.35. The van der Waals surface area contributed by atoms with Crippen molar-refractivity contribution in [1.29, 1.82) is 0 Å². The van der Waals surface area contributed by atoms with E-state index in [1.54, 1.807) is 4.90 Å². The minimum Gasteiger partial charge on any atom is -0.445 e. The van der Waals surface area contributed by atoms with Crippen molar-refractivity contribution in [2.75, 3.05) is 13.1 Å². The van der Waals surface area contributed by atoms with Crippen molar-refractivity contribution in [3.05, 3.63) is 35.9 Å². The molecule has 0 aromatic heterocycles. The maximum absolute atomic E-state index is 12.3. The van der Waals surface area contributed by atoms with Gasteiger partial charge in [-0.3, -0.25) is 4.79 Å². The second-order valence-corrected chi connectivity index (χ2v) is 6.54. The standard InChI is InChI=1S/C18H27N3O3/c1-13(2)16(19)17(22)20-11-15-9-6-10-21(15)18(23)24-12-14-7-4-3-5-8-14/h3-5,7-8,13,15-16H,6,9-12,19H2,1-2H3,(H,20,22)/t15?,16-/m0/s1. The van der Waals surface area contributed by atoms with Gasteiger partial charge in [0.1, 0.15) is 6.61 Å². The first-order chi connectivity index (χ1) is 11.5. The summed E-state index contributed by atoms with van der Waals surface area (Å²) in [5.74, 6) is -0.0879. The van der Waals surface area contributed by atoms with Crippen molar-refractivity contribution in [2.45, 2.75) is 45.4 Å². The Hall–Kier alpha value is -2.08. The molecule has 0 bridgehead atoms. The van der Waals surface area contributed by atoms with Crippen LogP contribution in [0.1, 0.15) is 32.3 Å². The zero-order chi connectivity index (χ0) is 17.5. The number of carbonyl (C=O) groups excluding carboxylic acids is 2. The van der Waals surface area contributed by atoms with Crippen LogP contribution in [-0.2, 0) is 16.1 Å². The number of hydrogen-bond donors (Lipinski definition) is 2. The average Bonchev–Trinajstić information content (AvgIpc) is 3.06. The number of nitrogens with one attached hydrogen (secondary N) is 1. The Morgan fingerprint density at radius 2 is 2.04 bits per heavy atom. The molecule has 0 radical (unpaired) electrons. The molecular weight excluding hydrogens is 306 g/mol. The van der Waals surface area contributed by atoms with Crippen molar-refractivity contribution in [3.8, 4) is 0 Å². The van der Waals surface area contributed by atoms with E-state index in [1.165, 1.54) is 0 Å². The van der Waals surface area contributed by atoms with Crippen LogP contribution < -0.4 is 11.1 Å². The first-order valence-corrected chi connectivity index (χ1v) is 8.49. The fourth-order valence-corrected chi connectivity index (χ4v) is 2.73. The lowest BCUT2D eigenvalue weighted by Crippen LogP contribution is -2.49. The van der Waals surface area contributed by atoms with E-state index in [-0.39, 0.29) is 30.6 Å². The first-order valence-electron chi connectivity index (χ1n) is 8.49. The van der Waals surface area contributed by atoms with E-state index in [1.807, 2.05) is 44.2 Å². The van der Waals surface area contributed by atoms with Gasteiger partial charge in [-0.25, -0.2) is 4.79 Å². The molecule has 2 rings (SSSR count). The van der Waals surface area contributed by atoms with Crippen LogP contribution in [0.25, 0.3) is 0 Å². The highest BCUT2D eigenvalue weighted by atomic mass is 16.6. The van der Waals surface area contributed by atoms with Gasteiger partial charge in [-0.2, -0.15) is 0 Å². The number of benzene rings is 1. The van der Waals surface area contributed by atoms with E-state index in [0.717, 1.165) is 18.4 Å². The molecule has 0 aliphatic carbocycles. The molecule has 1 aromatic carbocycles. The number of ether oxygens (including phenoxy) is 1. The van der Waals surface area contributed by atoms with Crippen molar-refractivity contribution in [2.24, 2.45) is 11.7 Å². The van der Waals surface area contributed by atoms with Crippen molar-refractivity contribution >= 4 is 12.0 Å². The van der Waals surface area contributed by atoms with E-state index in [2.05, 4.69) is 5.32 Å². The van der Waals surface area contributed by atoms with Gasteiger partial charge in [-0.1, -0.05) is 44.2 Å². The van der Waals surface area contributed by atoms with E-state index in [0.29, 0.717) is 13.1 Å². The van der Waals surface area contributed by atoms with Gasteiger partial charge in [0.25, 0.3) is 0 Å². The summed E-state index contributed by atoms with van der Waals surface area (Å²) in [4.78, 5) is 25.9. The summed E-state index contributed by atoms with van der Waals surface area (Å²) in [6.45, 7) is 5.15. The molecule has 0 saturated carbocycles. The van der Waals surface area contributed by atoms with Crippen LogP contribution in [-0.4, -0.2) is 42.1 Å². The Morgan fingerprint density at radius 1 is 1.33 bits per heavy atom. The average molecular weight is 333 g/mol. The maximum Gasteiger partial charge on any atom is 0.410 e. The van der Waals surface area contributed by atoms with Crippen molar-refractivity contribution in [3.63, 3.8) is 0 Å². The predicted molar refractivity (Wildman–Crippen MR) is 92.2 cm³/mol.